The van der Waals surface area contributed by atoms with Gasteiger partial charge in [-0.3, -0.25) is 9.59 Å². The van der Waals surface area contributed by atoms with E-state index in [-0.39, 0.29) is 23.8 Å². The van der Waals surface area contributed by atoms with E-state index >= 15 is 0 Å². The number of aromatic nitrogens is 3. The van der Waals surface area contributed by atoms with E-state index in [0.717, 1.165) is 44.5 Å². The van der Waals surface area contributed by atoms with Crippen LogP contribution in [0.15, 0.2) is 6.33 Å². The van der Waals surface area contributed by atoms with Crippen LogP contribution in [0.5, 0.6) is 0 Å². The van der Waals surface area contributed by atoms with Gasteiger partial charge in [-0.1, -0.05) is 19.8 Å². The molecular formula is C19H31N5O2. The average molecular weight is 361 g/mol. The van der Waals surface area contributed by atoms with Crippen molar-refractivity contribution in [2.75, 3.05) is 13.1 Å². The van der Waals surface area contributed by atoms with Crippen LogP contribution in [-0.2, 0) is 16.1 Å². The molecule has 7 heteroatoms. The molecule has 0 bridgehead atoms. The molecule has 2 amide bonds. The standard InChI is InChI=1S/C19H31N5O2/c1-3-10-24-17(20-13-21-24)14(2)22-18(25)15-8-11-23(12-9-15)19(26)16-6-4-5-7-16/h13-16H,3-12H2,1-2H3,(H,22,25)/t14-/m1/s1. The molecular weight excluding hydrogens is 330 g/mol. The molecule has 0 unspecified atom stereocenters. The molecule has 1 aliphatic heterocycles. The SMILES string of the molecule is CCCn1ncnc1[C@@H](C)NC(=O)C1CCN(C(=O)C2CCCC2)CC1. The molecule has 0 aromatic carbocycles. The molecule has 1 N–H and O–H groups in total. The van der Waals surface area contributed by atoms with E-state index in [1.54, 1.807) is 6.33 Å². The Morgan fingerprint density at radius 3 is 2.54 bits per heavy atom. The smallest absolute Gasteiger partial charge is 0.225 e. The van der Waals surface area contributed by atoms with Gasteiger partial charge in [-0.15, -0.1) is 0 Å². The van der Waals surface area contributed by atoms with Crippen LogP contribution in [0.2, 0.25) is 0 Å². The maximum atomic E-state index is 12.6. The fourth-order valence-electron chi connectivity index (χ4n) is 4.18. The highest BCUT2D eigenvalue weighted by atomic mass is 16.2. The Morgan fingerprint density at radius 2 is 1.88 bits per heavy atom. The van der Waals surface area contributed by atoms with Gasteiger partial charge in [0.2, 0.25) is 11.8 Å². The van der Waals surface area contributed by atoms with E-state index in [0.29, 0.717) is 19.0 Å². The van der Waals surface area contributed by atoms with E-state index < -0.39 is 0 Å². The molecule has 1 saturated heterocycles. The summed E-state index contributed by atoms with van der Waals surface area (Å²) in [5, 5.41) is 7.31. The van der Waals surface area contributed by atoms with Gasteiger partial charge in [-0.05, 0) is 39.0 Å². The van der Waals surface area contributed by atoms with E-state index in [1.807, 2.05) is 16.5 Å². The summed E-state index contributed by atoms with van der Waals surface area (Å²) >= 11 is 0. The summed E-state index contributed by atoms with van der Waals surface area (Å²) in [5.41, 5.74) is 0. The molecule has 0 spiro atoms. The summed E-state index contributed by atoms with van der Waals surface area (Å²) in [4.78, 5) is 31.4. The second-order valence-corrected chi connectivity index (χ2v) is 7.65. The minimum absolute atomic E-state index is 0.0207. The lowest BCUT2D eigenvalue weighted by Crippen LogP contribution is -2.45. The van der Waals surface area contributed by atoms with Gasteiger partial charge in [-0.2, -0.15) is 5.10 Å². The molecule has 2 aliphatic rings. The lowest BCUT2D eigenvalue weighted by Gasteiger charge is -2.33. The summed E-state index contributed by atoms with van der Waals surface area (Å²) in [6, 6.07) is -0.158. The number of hydrogen-bond donors (Lipinski definition) is 1. The van der Waals surface area contributed by atoms with Crippen molar-refractivity contribution >= 4 is 11.8 Å². The van der Waals surface area contributed by atoms with E-state index in [9.17, 15) is 9.59 Å². The maximum absolute atomic E-state index is 12.6. The van der Waals surface area contributed by atoms with Crippen molar-refractivity contribution in [2.24, 2.45) is 11.8 Å². The number of nitrogens with zero attached hydrogens (tertiary/aromatic N) is 4. The predicted molar refractivity (Wildman–Crippen MR) is 98.1 cm³/mol. The molecule has 3 rings (SSSR count). The largest absolute Gasteiger partial charge is 0.346 e. The fraction of sp³-hybridized carbons (Fsp3) is 0.789. The number of aryl methyl sites for hydroxylation is 1. The van der Waals surface area contributed by atoms with Crippen molar-refractivity contribution in [3.63, 3.8) is 0 Å². The quantitative estimate of drug-likeness (QED) is 0.843. The number of carbonyl (C=O) groups is 2. The minimum Gasteiger partial charge on any atom is -0.346 e. The van der Waals surface area contributed by atoms with Gasteiger partial charge in [0.1, 0.15) is 12.2 Å². The average Bonchev–Trinajstić information content (AvgIpc) is 3.33. The van der Waals surface area contributed by atoms with Gasteiger partial charge in [0.25, 0.3) is 0 Å². The molecule has 1 atom stereocenters. The van der Waals surface area contributed by atoms with Gasteiger partial charge < -0.3 is 10.2 Å². The number of nitrogens with one attached hydrogen (secondary N) is 1. The number of amides is 2. The Hall–Kier alpha value is -1.92. The molecule has 7 nitrogen and oxygen atoms in total. The van der Waals surface area contributed by atoms with Crippen LogP contribution in [0, 0.1) is 11.8 Å². The molecule has 2 heterocycles. The van der Waals surface area contributed by atoms with Gasteiger partial charge in [-0.25, -0.2) is 9.67 Å². The number of rotatable bonds is 6. The zero-order valence-corrected chi connectivity index (χ0v) is 16.0. The van der Waals surface area contributed by atoms with E-state index in [2.05, 4.69) is 22.3 Å². The lowest BCUT2D eigenvalue weighted by molar-refractivity contribution is -0.139. The second kappa shape index (κ2) is 8.64. The third-order valence-electron chi connectivity index (χ3n) is 5.71. The summed E-state index contributed by atoms with van der Waals surface area (Å²) in [6.07, 6.45) is 8.44. The molecule has 26 heavy (non-hydrogen) atoms. The molecule has 1 aromatic rings. The summed E-state index contributed by atoms with van der Waals surface area (Å²) < 4.78 is 1.85. The Kier molecular flexibility index (Phi) is 6.27. The monoisotopic (exact) mass is 361 g/mol. The first kappa shape index (κ1) is 18.9. The van der Waals surface area contributed by atoms with Crippen molar-refractivity contribution < 1.29 is 9.59 Å². The Labute approximate surface area is 155 Å². The van der Waals surface area contributed by atoms with Crippen LogP contribution in [0.3, 0.4) is 0 Å². The highest BCUT2D eigenvalue weighted by Gasteiger charge is 2.32. The third kappa shape index (κ3) is 4.24. The number of carbonyl (C=O) groups excluding carboxylic acids is 2. The maximum Gasteiger partial charge on any atom is 0.225 e. The fourth-order valence-corrected chi connectivity index (χ4v) is 4.18. The molecule has 144 valence electrons. The Morgan fingerprint density at radius 1 is 1.19 bits per heavy atom. The van der Waals surface area contributed by atoms with Crippen LogP contribution >= 0.6 is 0 Å². The van der Waals surface area contributed by atoms with Crippen LogP contribution in [0.25, 0.3) is 0 Å². The molecule has 1 aromatic heterocycles. The summed E-state index contributed by atoms with van der Waals surface area (Å²) in [7, 11) is 0. The van der Waals surface area contributed by atoms with Crippen LogP contribution < -0.4 is 5.32 Å². The summed E-state index contributed by atoms with van der Waals surface area (Å²) in [5.74, 6) is 1.38. The van der Waals surface area contributed by atoms with Gasteiger partial charge in [0.05, 0.1) is 6.04 Å². The topological polar surface area (TPSA) is 80.1 Å². The number of likely N-dealkylation sites (tertiary alicyclic amines) is 1. The highest BCUT2D eigenvalue weighted by molar-refractivity contribution is 5.81. The zero-order chi connectivity index (χ0) is 18.5. The highest BCUT2D eigenvalue weighted by Crippen LogP contribution is 2.28. The van der Waals surface area contributed by atoms with Crippen molar-refractivity contribution in [3.05, 3.63) is 12.2 Å². The van der Waals surface area contributed by atoms with Crippen molar-refractivity contribution in [2.45, 2.75) is 71.4 Å². The summed E-state index contributed by atoms with van der Waals surface area (Å²) in [6.45, 7) is 6.25. The van der Waals surface area contributed by atoms with Crippen LogP contribution in [0.4, 0.5) is 0 Å². The van der Waals surface area contributed by atoms with Gasteiger partial charge >= 0.3 is 0 Å². The first-order valence-corrected chi connectivity index (χ1v) is 10.1. The molecule has 1 saturated carbocycles. The van der Waals surface area contributed by atoms with E-state index in [4.69, 9.17) is 0 Å². The first-order chi connectivity index (χ1) is 12.6. The third-order valence-corrected chi connectivity index (χ3v) is 5.71. The second-order valence-electron chi connectivity index (χ2n) is 7.65. The zero-order valence-electron chi connectivity index (χ0n) is 16.0. The first-order valence-electron chi connectivity index (χ1n) is 10.1. The van der Waals surface area contributed by atoms with Crippen LogP contribution in [0.1, 0.15) is 70.7 Å². The lowest BCUT2D eigenvalue weighted by atomic mass is 9.94. The van der Waals surface area contributed by atoms with E-state index in [1.165, 1.54) is 12.8 Å². The normalized spacial score (nSPS) is 20.3. The molecule has 2 fully saturated rings. The molecule has 1 aliphatic carbocycles. The Balaban J connectivity index is 1.48. The van der Waals surface area contributed by atoms with Gasteiger partial charge in [0, 0.05) is 31.5 Å². The molecule has 0 radical (unpaired) electrons. The van der Waals surface area contributed by atoms with Gasteiger partial charge in [0.15, 0.2) is 0 Å². The van der Waals surface area contributed by atoms with Crippen LogP contribution in [-0.4, -0.2) is 44.6 Å². The predicted octanol–water partition coefficient (Wildman–Crippen LogP) is 2.29. The van der Waals surface area contributed by atoms with Crippen molar-refractivity contribution in [3.8, 4) is 0 Å². The Bertz CT molecular complexity index is 615. The minimum atomic E-state index is -0.158. The number of hydrogen-bond acceptors (Lipinski definition) is 4. The number of piperidine rings is 1. The van der Waals surface area contributed by atoms with Crippen molar-refractivity contribution in [1.82, 2.24) is 25.0 Å². The van der Waals surface area contributed by atoms with Crippen molar-refractivity contribution in [1.29, 1.82) is 0 Å².